The molecule has 0 aliphatic heterocycles. The number of pyridine rings is 1. The molecule has 258 valence electrons. The third-order valence-corrected chi connectivity index (χ3v) is 11.2. The van der Waals surface area contributed by atoms with Gasteiger partial charge in [-0.3, -0.25) is 0 Å². The van der Waals surface area contributed by atoms with Gasteiger partial charge in [0.25, 0.3) is 0 Å². The van der Waals surface area contributed by atoms with Crippen LogP contribution >= 0.6 is 11.3 Å². The van der Waals surface area contributed by atoms with E-state index in [-0.39, 0.29) is 0 Å². The number of fused-ring (bicyclic) bond motifs is 3. The topological polar surface area (TPSA) is 51.6 Å². The first-order valence-corrected chi connectivity index (χ1v) is 19.1. The number of hydrogen-bond donors (Lipinski definition) is 0. The van der Waals surface area contributed by atoms with E-state index in [1.807, 2.05) is 47.7 Å². The molecule has 55 heavy (non-hydrogen) atoms. The highest BCUT2D eigenvalue weighted by Crippen LogP contribution is 2.50. The van der Waals surface area contributed by atoms with Gasteiger partial charge in [-0.15, -0.1) is 11.3 Å². The van der Waals surface area contributed by atoms with Gasteiger partial charge in [0.2, 0.25) is 0 Å². The highest BCUT2D eigenvalue weighted by molar-refractivity contribution is 7.24. The highest BCUT2D eigenvalue weighted by Gasteiger charge is 2.23. The van der Waals surface area contributed by atoms with Gasteiger partial charge in [0, 0.05) is 48.2 Å². The summed E-state index contributed by atoms with van der Waals surface area (Å²) in [5, 5.41) is 2.32. The fourth-order valence-corrected chi connectivity index (χ4v) is 8.60. The van der Waals surface area contributed by atoms with E-state index in [4.69, 9.17) is 19.9 Å². The third kappa shape index (κ3) is 6.17. The van der Waals surface area contributed by atoms with Gasteiger partial charge in [0.1, 0.15) is 0 Å². The molecule has 3 heterocycles. The van der Waals surface area contributed by atoms with E-state index in [9.17, 15) is 0 Å². The van der Waals surface area contributed by atoms with Crippen molar-refractivity contribution < 1.29 is 0 Å². The molecule has 0 amide bonds. The van der Waals surface area contributed by atoms with Crippen LogP contribution in [0.2, 0.25) is 0 Å². The molecule has 0 aliphatic rings. The molecule has 0 saturated carbocycles. The second-order valence-corrected chi connectivity index (χ2v) is 14.4. The average Bonchev–Trinajstić information content (AvgIpc) is 3.68. The number of rotatable bonds is 7. The van der Waals surface area contributed by atoms with Crippen molar-refractivity contribution in [3.63, 3.8) is 0 Å². The van der Waals surface area contributed by atoms with E-state index in [1.54, 1.807) is 0 Å². The van der Waals surface area contributed by atoms with Gasteiger partial charge in [-0.1, -0.05) is 188 Å². The molecule has 10 aromatic rings. The molecule has 7 aromatic carbocycles. The van der Waals surface area contributed by atoms with E-state index in [1.165, 1.54) is 26.3 Å². The van der Waals surface area contributed by atoms with Crippen LogP contribution in [0.25, 0.3) is 99.1 Å². The molecule has 0 atom stereocenters. The molecule has 0 saturated heterocycles. The number of benzene rings is 7. The molecule has 10 rings (SSSR count). The Morgan fingerprint density at radius 1 is 0.309 bits per heavy atom. The van der Waals surface area contributed by atoms with Crippen molar-refractivity contribution in [3.05, 3.63) is 194 Å². The molecule has 5 heteroatoms. The molecule has 0 N–H and O–H groups in total. The summed E-state index contributed by atoms with van der Waals surface area (Å²) >= 11 is 1.84. The lowest BCUT2D eigenvalue weighted by Crippen LogP contribution is -2.00. The first kappa shape index (κ1) is 32.6. The van der Waals surface area contributed by atoms with Crippen LogP contribution in [-0.4, -0.2) is 19.9 Å². The van der Waals surface area contributed by atoms with E-state index in [2.05, 4.69) is 158 Å². The number of nitrogens with zero attached hydrogens (tertiary/aromatic N) is 4. The molecule has 0 fully saturated rings. The second-order valence-electron chi connectivity index (χ2n) is 13.4. The molecule has 3 aromatic heterocycles. The van der Waals surface area contributed by atoms with Crippen LogP contribution in [0.4, 0.5) is 0 Å². The standard InChI is InChI=1S/C50H32N4S/c1-5-15-33(16-6-1)34-25-29-39(30-26-34)49-52-48(38-21-11-4-12-22-38)53-50(54-49)40-31-27-35(28-32-40)43-44-45(36-17-7-2-8-18-36)51-42-24-14-13-23-41(42)47(44)55-46(43)37-19-9-3-10-20-37/h1-32H. The van der Waals surface area contributed by atoms with Gasteiger partial charge >= 0.3 is 0 Å². The summed E-state index contributed by atoms with van der Waals surface area (Å²) in [6, 6.07) is 67.3. The van der Waals surface area contributed by atoms with Gasteiger partial charge in [0.05, 0.1) is 11.2 Å². The van der Waals surface area contributed by atoms with E-state index in [0.717, 1.165) is 55.4 Å². The number of para-hydroxylation sites is 1. The monoisotopic (exact) mass is 720 g/mol. The smallest absolute Gasteiger partial charge is 0.164 e. The zero-order chi connectivity index (χ0) is 36.6. The first-order valence-electron chi connectivity index (χ1n) is 18.3. The number of aromatic nitrogens is 4. The molecule has 0 radical (unpaired) electrons. The maximum atomic E-state index is 5.31. The summed E-state index contributed by atoms with van der Waals surface area (Å²) in [5.74, 6) is 1.89. The largest absolute Gasteiger partial charge is 0.247 e. The van der Waals surface area contributed by atoms with Crippen LogP contribution in [-0.2, 0) is 0 Å². The van der Waals surface area contributed by atoms with Gasteiger partial charge < -0.3 is 0 Å². The fraction of sp³-hybridized carbons (Fsp3) is 0. The van der Waals surface area contributed by atoms with Crippen LogP contribution in [0, 0.1) is 0 Å². The Kier molecular flexibility index (Phi) is 8.32. The lowest BCUT2D eigenvalue weighted by Gasteiger charge is -2.12. The van der Waals surface area contributed by atoms with Crippen molar-refractivity contribution in [1.29, 1.82) is 0 Å². The third-order valence-electron chi connectivity index (χ3n) is 9.96. The minimum Gasteiger partial charge on any atom is -0.247 e. The minimum absolute atomic E-state index is 0.624. The van der Waals surface area contributed by atoms with E-state index >= 15 is 0 Å². The van der Waals surface area contributed by atoms with E-state index in [0.29, 0.717) is 17.5 Å². The van der Waals surface area contributed by atoms with Crippen molar-refractivity contribution in [1.82, 2.24) is 19.9 Å². The first-order chi connectivity index (χ1) is 27.3. The fourth-order valence-electron chi connectivity index (χ4n) is 7.24. The molecule has 0 unspecified atom stereocenters. The summed E-state index contributed by atoms with van der Waals surface area (Å²) in [6.45, 7) is 0. The summed E-state index contributed by atoms with van der Waals surface area (Å²) in [5.41, 5.74) is 11.6. The van der Waals surface area contributed by atoms with Gasteiger partial charge in [-0.2, -0.15) is 0 Å². The zero-order valence-electron chi connectivity index (χ0n) is 29.7. The summed E-state index contributed by atoms with van der Waals surface area (Å²) in [6.07, 6.45) is 0. The Morgan fingerprint density at radius 2 is 0.709 bits per heavy atom. The molecule has 0 spiro atoms. The normalized spacial score (nSPS) is 11.3. The van der Waals surface area contributed by atoms with Crippen molar-refractivity contribution in [2.45, 2.75) is 0 Å². The Morgan fingerprint density at radius 3 is 1.27 bits per heavy atom. The molecular formula is C50H32N4S. The SMILES string of the molecule is c1ccc(-c2ccc(-c3nc(-c4ccccc4)nc(-c4ccc(-c5c(-c6ccccc6)sc6c5c(-c5ccccc5)nc5ccccc56)cc4)n3)cc2)cc1. The highest BCUT2D eigenvalue weighted by atomic mass is 32.1. The Labute approximate surface area is 323 Å². The van der Waals surface area contributed by atoms with E-state index < -0.39 is 0 Å². The average molecular weight is 721 g/mol. The molecule has 4 nitrogen and oxygen atoms in total. The molecular weight excluding hydrogens is 689 g/mol. The Hall–Kier alpha value is -7.08. The van der Waals surface area contributed by atoms with Crippen LogP contribution in [0.3, 0.4) is 0 Å². The van der Waals surface area contributed by atoms with Crippen molar-refractivity contribution in [2.75, 3.05) is 0 Å². The van der Waals surface area contributed by atoms with Crippen molar-refractivity contribution in [2.24, 2.45) is 0 Å². The predicted octanol–water partition coefficient (Wildman–Crippen LogP) is 13.3. The van der Waals surface area contributed by atoms with Crippen LogP contribution in [0.1, 0.15) is 0 Å². The summed E-state index contributed by atoms with van der Waals surface area (Å²) in [4.78, 5) is 21.6. The number of hydrogen-bond acceptors (Lipinski definition) is 5. The molecule has 0 bridgehead atoms. The molecule has 0 aliphatic carbocycles. The second kappa shape index (κ2) is 14.0. The quantitative estimate of drug-likeness (QED) is 0.164. The zero-order valence-corrected chi connectivity index (χ0v) is 30.5. The van der Waals surface area contributed by atoms with Gasteiger partial charge in [-0.25, -0.2) is 19.9 Å². The minimum atomic E-state index is 0.624. The number of thiophene rings is 1. The van der Waals surface area contributed by atoms with Crippen molar-refractivity contribution >= 4 is 32.3 Å². The van der Waals surface area contributed by atoms with Gasteiger partial charge in [-0.05, 0) is 28.3 Å². The summed E-state index contributed by atoms with van der Waals surface area (Å²) in [7, 11) is 0. The Bertz CT molecular complexity index is 2930. The van der Waals surface area contributed by atoms with Crippen LogP contribution in [0.15, 0.2) is 194 Å². The van der Waals surface area contributed by atoms with Crippen LogP contribution < -0.4 is 0 Å². The maximum Gasteiger partial charge on any atom is 0.164 e. The maximum absolute atomic E-state index is 5.31. The lowest BCUT2D eigenvalue weighted by molar-refractivity contribution is 1.07. The Balaban J connectivity index is 1.13. The predicted molar refractivity (Wildman–Crippen MR) is 229 cm³/mol. The summed E-state index contributed by atoms with van der Waals surface area (Å²) < 4.78 is 1.23. The van der Waals surface area contributed by atoms with Crippen LogP contribution in [0.5, 0.6) is 0 Å². The van der Waals surface area contributed by atoms with Gasteiger partial charge in [0.15, 0.2) is 17.5 Å². The van der Waals surface area contributed by atoms with Crippen molar-refractivity contribution in [3.8, 4) is 78.1 Å². The lowest BCUT2D eigenvalue weighted by atomic mass is 9.94.